The third-order valence-electron chi connectivity index (χ3n) is 5.40. The molecule has 0 aliphatic heterocycles. The molecule has 13 heteroatoms. The fourth-order valence-corrected chi connectivity index (χ4v) is 5.77. The summed E-state index contributed by atoms with van der Waals surface area (Å²) in [7, 11) is -1.93. The first kappa shape index (κ1) is 25.9. The molecule has 0 radical (unpaired) electrons. The number of nitrogens with one attached hydrogen (secondary N) is 2. The fraction of sp³-hybridized carbons (Fsp3) is 0.391. The Labute approximate surface area is 212 Å². The van der Waals surface area contributed by atoms with E-state index in [0.29, 0.717) is 55.3 Å². The standard InChI is InChI=1S/C23H26FN5O5S2/c1-3-34-21-12-25-11-19(26-21)14-4-7-16(17(24)10-14)22(30)27-18(8-9-33-2)20-13-35-23(28-20)29-36(31,32)15-5-6-15/h4,7,10-13,15,18H,3,5-6,8-9H2,1-2H3,(H,27,30)(H,28,29). The average Bonchev–Trinajstić information content (AvgIpc) is 3.63. The zero-order valence-corrected chi connectivity index (χ0v) is 21.4. The molecule has 1 saturated carbocycles. The molecule has 1 atom stereocenters. The highest BCUT2D eigenvalue weighted by Crippen LogP contribution is 2.31. The summed E-state index contributed by atoms with van der Waals surface area (Å²) in [6, 6.07) is 3.56. The van der Waals surface area contributed by atoms with Gasteiger partial charge in [-0.15, -0.1) is 11.3 Å². The summed E-state index contributed by atoms with van der Waals surface area (Å²) in [5.74, 6) is -1.04. The van der Waals surface area contributed by atoms with E-state index in [-0.39, 0.29) is 15.9 Å². The summed E-state index contributed by atoms with van der Waals surface area (Å²) < 4.78 is 52.3. The molecule has 0 spiro atoms. The van der Waals surface area contributed by atoms with E-state index in [0.717, 1.165) is 11.3 Å². The Bertz CT molecular complexity index is 1330. The second-order valence-electron chi connectivity index (χ2n) is 8.10. The van der Waals surface area contributed by atoms with Gasteiger partial charge in [-0.25, -0.2) is 22.8 Å². The van der Waals surface area contributed by atoms with Crippen molar-refractivity contribution in [1.82, 2.24) is 20.3 Å². The van der Waals surface area contributed by atoms with Gasteiger partial charge < -0.3 is 14.8 Å². The van der Waals surface area contributed by atoms with Crippen LogP contribution in [0.4, 0.5) is 9.52 Å². The van der Waals surface area contributed by atoms with Crippen LogP contribution in [0.5, 0.6) is 5.88 Å². The SMILES string of the molecule is CCOc1cncc(-c2ccc(C(=O)NC(CCOC)c3csc(NS(=O)(=O)C4CC4)n3)c(F)c2)n1. The lowest BCUT2D eigenvalue weighted by atomic mass is 10.1. The summed E-state index contributed by atoms with van der Waals surface area (Å²) in [6.07, 6.45) is 4.57. The van der Waals surface area contributed by atoms with Crippen molar-refractivity contribution in [3.63, 3.8) is 0 Å². The molecule has 4 rings (SSSR count). The number of amides is 1. The van der Waals surface area contributed by atoms with Gasteiger partial charge in [-0.2, -0.15) is 0 Å². The number of hydrogen-bond acceptors (Lipinski definition) is 9. The smallest absolute Gasteiger partial charge is 0.254 e. The van der Waals surface area contributed by atoms with Crippen LogP contribution in [0.2, 0.25) is 0 Å². The normalized spacial score (nSPS) is 14.3. The van der Waals surface area contributed by atoms with Gasteiger partial charge in [-0.05, 0) is 38.3 Å². The molecular formula is C23H26FN5O5S2. The number of thiazole rings is 1. The van der Waals surface area contributed by atoms with Crippen LogP contribution in [0.25, 0.3) is 11.3 Å². The maximum atomic E-state index is 15.0. The quantitative estimate of drug-likeness (QED) is 0.360. The van der Waals surface area contributed by atoms with Gasteiger partial charge in [0.25, 0.3) is 5.91 Å². The molecule has 0 bridgehead atoms. The van der Waals surface area contributed by atoms with E-state index in [2.05, 4.69) is 25.0 Å². The van der Waals surface area contributed by atoms with Crippen molar-refractivity contribution >= 4 is 32.4 Å². The van der Waals surface area contributed by atoms with Crippen LogP contribution in [0.15, 0.2) is 36.0 Å². The monoisotopic (exact) mass is 535 g/mol. The Morgan fingerprint density at radius 2 is 2.08 bits per heavy atom. The molecule has 1 fully saturated rings. The lowest BCUT2D eigenvalue weighted by molar-refractivity contribution is 0.0919. The number of sulfonamides is 1. The van der Waals surface area contributed by atoms with E-state index in [1.807, 2.05) is 6.92 Å². The first-order valence-electron chi connectivity index (χ1n) is 11.3. The van der Waals surface area contributed by atoms with E-state index in [1.54, 1.807) is 11.4 Å². The second-order valence-corrected chi connectivity index (χ2v) is 10.9. The largest absolute Gasteiger partial charge is 0.477 e. The first-order valence-corrected chi connectivity index (χ1v) is 13.7. The topological polar surface area (TPSA) is 132 Å². The van der Waals surface area contributed by atoms with E-state index >= 15 is 0 Å². The maximum Gasteiger partial charge on any atom is 0.254 e. The molecule has 36 heavy (non-hydrogen) atoms. The summed E-state index contributed by atoms with van der Waals surface area (Å²) in [5.41, 5.74) is 1.16. The number of rotatable bonds is 12. The Morgan fingerprint density at radius 1 is 1.28 bits per heavy atom. The van der Waals surface area contributed by atoms with E-state index in [1.165, 1.54) is 31.6 Å². The summed E-state index contributed by atoms with van der Waals surface area (Å²) in [6.45, 7) is 2.55. The Hall–Kier alpha value is -3.16. The molecule has 1 amide bonds. The average molecular weight is 536 g/mol. The zero-order chi connectivity index (χ0) is 25.7. The number of ether oxygens (including phenoxy) is 2. The van der Waals surface area contributed by atoms with Gasteiger partial charge in [-0.1, -0.05) is 6.07 Å². The second kappa shape index (κ2) is 11.3. The highest BCUT2D eigenvalue weighted by atomic mass is 32.2. The van der Waals surface area contributed by atoms with Gasteiger partial charge in [0.05, 0.1) is 47.2 Å². The molecule has 3 aromatic rings. The maximum absolute atomic E-state index is 15.0. The van der Waals surface area contributed by atoms with Crippen LogP contribution in [-0.2, 0) is 14.8 Å². The minimum Gasteiger partial charge on any atom is -0.477 e. The molecule has 192 valence electrons. The fourth-order valence-electron chi connectivity index (χ4n) is 3.41. The van der Waals surface area contributed by atoms with Gasteiger partial charge in [-0.3, -0.25) is 14.5 Å². The number of benzene rings is 1. The number of methoxy groups -OCH3 is 1. The number of halogens is 1. The van der Waals surface area contributed by atoms with Crippen LogP contribution in [-0.4, -0.2) is 54.9 Å². The molecule has 1 unspecified atom stereocenters. The lowest BCUT2D eigenvalue weighted by Gasteiger charge is -2.17. The first-order chi connectivity index (χ1) is 17.3. The number of nitrogens with zero attached hydrogens (tertiary/aromatic N) is 3. The minimum atomic E-state index is -3.46. The highest BCUT2D eigenvalue weighted by Gasteiger charge is 2.36. The molecule has 0 saturated heterocycles. The number of carbonyl (C=O) groups excluding carboxylic acids is 1. The van der Waals surface area contributed by atoms with Crippen molar-refractivity contribution in [1.29, 1.82) is 0 Å². The molecule has 1 aliphatic rings. The van der Waals surface area contributed by atoms with Crippen LogP contribution in [0, 0.1) is 5.82 Å². The molecule has 2 aromatic heterocycles. The van der Waals surface area contributed by atoms with E-state index < -0.39 is 27.8 Å². The Morgan fingerprint density at radius 3 is 2.78 bits per heavy atom. The molecule has 1 aliphatic carbocycles. The predicted octanol–water partition coefficient (Wildman–Crippen LogP) is 3.55. The molecule has 1 aromatic carbocycles. The molecule has 10 nitrogen and oxygen atoms in total. The van der Waals surface area contributed by atoms with Crippen molar-refractivity contribution in [2.24, 2.45) is 0 Å². The van der Waals surface area contributed by atoms with Gasteiger partial charge in [0, 0.05) is 24.7 Å². The third kappa shape index (κ3) is 6.33. The number of aromatic nitrogens is 3. The molecule has 2 heterocycles. The van der Waals surface area contributed by atoms with Gasteiger partial charge in [0.1, 0.15) is 5.82 Å². The van der Waals surface area contributed by atoms with Crippen molar-refractivity contribution in [2.45, 2.75) is 37.5 Å². The summed E-state index contributed by atoms with van der Waals surface area (Å²) in [5, 5.41) is 4.28. The molecular weight excluding hydrogens is 509 g/mol. The Balaban J connectivity index is 1.50. The molecule has 2 N–H and O–H groups in total. The van der Waals surface area contributed by atoms with Gasteiger partial charge >= 0.3 is 0 Å². The van der Waals surface area contributed by atoms with Crippen molar-refractivity contribution in [3.05, 3.63) is 53.0 Å². The van der Waals surface area contributed by atoms with Crippen LogP contribution < -0.4 is 14.8 Å². The predicted molar refractivity (Wildman–Crippen MR) is 133 cm³/mol. The van der Waals surface area contributed by atoms with E-state index in [9.17, 15) is 17.6 Å². The number of carbonyl (C=O) groups is 1. The van der Waals surface area contributed by atoms with Crippen LogP contribution in [0.1, 0.15) is 48.3 Å². The Kier molecular flexibility index (Phi) is 8.11. The minimum absolute atomic E-state index is 0.153. The van der Waals surface area contributed by atoms with Crippen LogP contribution >= 0.6 is 11.3 Å². The van der Waals surface area contributed by atoms with Crippen LogP contribution in [0.3, 0.4) is 0 Å². The third-order valence-corrected chi connectivity index (χ3v) is 8.13. The number of hydrogen-bond donors (Lipinski definition) is 2. The summed E-state index contributed by atoms with van der Waals surface area (Å²) >= 11 is 1.12. The van der Waals surface area contributed by atoms with Crippen molar-refractivity contribution < 1.29 is 27.1 Å². The van der Waals surface area contributed by atoms with Crippen molar-refractivity contribution in [3.8, 4) is 17.1 Å². The van der Waals surface area contributed by atoms with Gasteiger partial charge in [0.15, 0.2) is 5.13 Å². The zero-order valence-electron chi connectivity index (χ0n) is 19.7. The number of anilines is 1. The van der Waals surface area contributed by atoms with E-state index in [4.69, 9.17) is 9.47 Å². The highest BCUT2D eigenvalue weighted by molar-refractivity contribution is 7.93. The van der Waals surface area contributed by atoms with Crippen molar-refractivity contribution in [2.75, 3.05) is 25.0 Å². The lowest BCUT2D eigenvalue weighted by Crippen LogP contribution is -2.30. The summed E-state index contributed by atoms with van der Waals surface area (Å²) in [4.78, 5) is 25.6. The van der Waals surface area contributed by atoms with Gasteiger partial charge in [0.2, 0.25) is 15.9 Å².